The Morgan fingerprint density at radius 1 is 0.225 bits per heavy atom. The summed E-state index contributed by atoms with van der Waals surface area (Å²) in [6.07, 6.45) is 0. The minimum atomic E-state index is -0.304. The first kappa shape index (κ1) is 67.9. The predicted molar refractivity (Wildman–Crippen MR) is 518 cm³/mol. The summed E-state index contributed by atoms with van der Waals surface area (Å²) in [5, 5.41) is 9.83. The van der Waals surface area contributed by atoms with Gasteiger partial charge in [-0.1, -0.05) is 255 Å². The highest BCUT2D eigenvalue weighted by atomic mass is 32.1. The zero-order valence-electron chi connectivity index (χ0n) is 64.5. The fourth-order valence-electron chi connectivity index (χ4n) is 20.4. The van der Waals surface area contributed by atoms with E-state index in [1.54, 1.807) is 0 Å². The van der Waals surface area contributed by atoms with Crippen LogP contribution < -0.4 is 62.0 Å². The Morgan fingerprint density at radius 2 is 0.583 bits per heavy atom. The molecule has 0 unspecified atom stereocenters. The van der Waals surface area contributed by atoms with Crippen LogP contribution >= 0.6 is 45.3 Å². The molecule has 0 bridgehead atoms. The number of ether oxygens (including phenoxy) is 1. The molecule has 22 aromatic rings. The minimum Gasteiger partial charge on any atom is -0.458 e. The molecule has 120 heavy (non-hydrogen) atoms. The Bertz CT molecular complexity index is 7990. The number of hydrogen-bond donors (Lipinski definition) is 0. The molecule has 0 amide bonds. The molecule has 0 radical (unpaired) electrons. The van der Waals surface area contributed by atoms with E-state index < -0.39 is 0 Å². The van der Waals surface area contributed by atoms with Gasteiger partial charge in [0.1, 0.15) is 11.5 Å². The lowest BCUT2D eigenvalue weighted by molar-refractivity contribution is 0.488. The molecule has 0 saturated carbocycles. The zero-order valence-corrected chi connectivity index (χ0v) is 67.7. The Balaban J connectivity index is 0.787. The topological polar surface area (TPSA) is 25.4 Å². The number of benzene rings is 18. The molecule has 0 fully saturated rings. The van der Waals surface area contributed by atoms with E-state index in [9.17, 15) is 0 Å². The summed E-state index contributed by atoms with van der Waals surface area (Å²) in [7, 11) is 0. The van der Waals surface area contributed by atoms with Crippen molar-refractivity contribution in [3.05, 3.63) is 394 Å². The Morgan fingerprint density at radius 3 is 1.07 bits per heavy atom. The van der Waals surface area contributed by atoms with Gasteiger partial charge in [0.15, 0.2) is 0 Å². The molecule has 4 aliphatic heterocycles. The first-order valence-corrected chi connectivity index (χ1v) is 44.2. The molecule has 0 saturated heterocycles. The van der Waals surface area contributed by atoms with E-state index in [0.717, 1.165) is 130 Å². The molecular weight excluding hydrogens is 1530 g/mol. The van der Waals surface area contributed by atoms with Gasteiger partial charge in [0, 0.05) is 149 Å². The second-order valence-corrected chi connectivity index (χ2v) is 35.9. The third-order valence-electron chi connectivity index (χ3n) is 25.2. The first-order chi connectivity index (χ1) is 59.6. The lowest BCUT2D eigenvalue weighted by atomic mass is 9.30. The molecule has 26 rings (SSSR count). The zero-order chi connectivity index (χ0) is 78.4. The molecule has 0 N–H and O–H groups in total. The molecule has 6 nitrogen and oxygen atoms in total. The highest BCUT2D eigenvalue weighted by Gasteiger charge is 2.49. The van der Waals surface area contributed by atoms with Crippen LogP contribution in [0.25, 0.3) is 103 Å². The molecular formula is C108H65B2N5OS4. The lowest BCUT2D eigenvalue weighted by Crippen LogP contribution is -2.64. The first-order valence-electron chi connectivity index (χ1n) is 40.9. The highest BCUT2D eigenvalue weighted by molar-refractivity contribution is 7.27. The van der Waals surface area contributed by atoms with Gasteiger partial charge in [-0.2, -0.15) is 0 Å². The third kappa shape index (κ3) is 10.1. The second kappa shape index (κ2) is 26.6. The number of thiophene rings is 4. The third-order valence-corrected chi connectivity index (χ3v) is 29.7. The molecule has 4 aliphatic rings. The highest BCUT2D eigenvalue weighted by Crippen LogP contribution is 2.58. The van der Waals surface area contributed by atoms with Crippen LogP contribution in [-0.4, -0.2) is 13.4 Å². The van der Waals surface area contributed by atoms with E-state index in [4.69, 9.17) is 4.74 Å². The van der Waals surface area contributed by atoms with E-state index in [-0.39, 0.29) is 13.4 Å². The maximum atomic E-state index is 8.31. The van der Waals surface area contributed by atoms with Crippen LogP contribution in [0.15, 0.2) is 394 Å². The summed E-state index contributed by atoms with van der Waals surface area (Å²) in [5.74, 6) is 1.60. The maximum absolute atomic E-state index is 8.31. The summed E-state index contributed by atoms with van der Waals surface area (Å²) in [5.41, 5.74) is 27.7. The van der Waals surface area contributed by atoms with Crippen LogP contribution in [0.2, 0.25) is 0 Å². The van der Waals surface area contributed by atoms with Crippen LogP contribution in [0.3, 0.4) is 0 Å². The van der Waals surface area contributed by atoms with E-state index >= 15 is 0 Å². The molecule has 0 aliphatic carbocycles. The molecule has 0 spiro atoms. The van der Waals surface area contributed by atoms with Gasteiger partial charge in [-0.25, -0.2) is 0 Å². The van der Waals surface area contributed by atoms with E-state index in [0.29, 0.717) is 0 Å². The number of fused-ring (bicyclic) bond motifs is 20. The van der Waals surface area contributed by atoms with Gasteiger partial charge in [0.2, 0.25) is 0 Å². The largest absolute Gasteiger partial charge is 0.458 e. The number of hydrogen-bond acceptors (Lipinski definition) is 10. The Kier molecular flexibility index (Phi) is 15.1. The van der Waals surface area contributed by atoms with E-state index in [1.807, 2.05) is 45.3 Å². The molecule has 558 valence electrons. The quantitative estimate of drug-likeness (QED) is 0.120. The summed E-state index contributed by atoms with van der Waals surface area (Å²) in [6.45, 7) is -0.591. The lowest BCUT2D eigenvalue weighted by Gasteiger charge is -2.46. The fourth-order valence-corrected chi connectivity index (χ4v) is 24.9. The number of nitrogens with zero attached hydrogens (tertiary/aromatic N) is 5. The smallest absolute Gasteiger partial charge is 0.256 e. The van der Waals surface area contributed by atoms with Crippen LogP contribution in [0, 0.1) is 0 Å². The minimum absolute atomic E-state index is 0.287. The molecule has 12 heteroatoms. The van der Waals surface area contributed by atoms with Gasteiger partial charge in [0.05, 0.1) is 39.8 Å². The maximum Gasteiger partial charge on any atom is 0.256 e. The number of anilines is 15. The molecule has 18 aromatic carbocycles. The molecule has 8 heterocycles. The van der Waals surface area contributed by atoms with Crippen molar-refractivity contribution in [1.82, 2.24) is 0 Å². The summed E-state index contributed by atoms with van der Waals surface area (Å²) < 4.78 is 18.3. The SMILES string of the molecule is c1ccc(-c2cccc(-c3ccccc3)c2N(c2ccccc2)c2cc3c4c(c2)N(c2cccc5sc6ccccc6c25)c2ccccc2B4c2cc4c(cc2O3)N(c2cccc3sc5ccccc5c23)c2cc(N(c3ccccc3)c3cccc5sc6ccccc6c35)cc3c2B4c2ccccc2N3c2cccc3sc4ccccc4c23)cc1. The van der Waals surface area contributed by atoms with Crippen LogP contribution in [0.5, 0.6) is 11.5 Å². The van der Waals surface area contributed by atoms with Crippen LogP contribution in [-0.2, 0) is 0 Å². The molecule has 0 atom stereocenters. The van der Waals surface area contributed by atoms with Crippen molar-refractivity contribution in [2.45, 2.75) is 0 Å². The van der Waals surface area contributed by atoms with Crippen molar-refractivity contribution in [3.63, 3.8) is 0 Å². The standard InChI is InChI=1S/C108H65B2N5OS4/c1-5-30-66(31-6-1)72-42-25-43-73(67-32-7-2-8-33-67)108(72)112(69-36-11-4-12-37-69)71-62-91-107-93(63-71)116-92-65-88-80(64-81(92)110(107)79-45-18-20-47-83(79)114(91)86-50-28-58-100-104(86)76-40-15-23-54-96(76)119-100)109-78-44-17-19-46-82(78)113(85-49-27-57-99-103(85)75-39-14-22-53-95(75)118-99)89-60-70(61-90(106(89)109)115(88)87-51-29-59-101-105(87)77-41-16-24-55-97(77)120-101)111(68-34-9-3-10-35-68)84-48-26-56-98-102(84)74-38-13-21-52-94(74)117-98/h1-65H. The van der Waals surface area contributed by atoms with Gasteiger partial charge >= 0.3 is 0 Å². The van der Waals surface area contributed by atoms with Gasteiger partial charge in [0.25, 0.3) is 13.4 Å². The number of rotatable bonds is 11. The van der Waals surface area contributed by atoms with Gasteiger partial charge in [-0.3, -0.25) is 0 Å². The average Bonchev–Trinajstić information content (AvgIpc) is 0.873. The van der Waals surface area contributed by atoms with Crippen LogP contribution in [0.1, 0.15) is 0 Å². The Labute approximate surface area is 709 Å². The van der Waals surface area contributed by atoms with Crippen molar-refractivity contribution < 1.29 is 4.74 Å². The van der Waals surface area contributed by atoms with Crippen molar-refractivity contribution in [2.75, 3.05) is 24.5 Å². The van der Waals surface area contributed by atoms with Gasteiger partial charge in [-0.05, 0) is 171 Å². The van der Waals surface area contributed by atoms with Crippen molar-refractivity contribution in [3.8, 4) is 33.8 Å². The average molecular weight is 1600 g/mol. The summed E-state index contributed by atoms with van der Waals surface area (Å²) >= 11 is 7.45. The van der Waals surface area contributed by atoms with Crippen LogP contribution in [0.4, 0.5) is 85.3 Å². The number of para-hydroxylation sites is 5. The monoisotopic (exact) mass is 1600 g/mol. The van der Waals surface area contributed by atoms with E-state index in [2.05, 4.69) is 419 Å². The summed E-state index contributed by atoms with van der Waals surface area (Å²) in [6, 6.07) is 148. The van der Waals surface area contributed by atoms with E-state index in [1.165, 1.54) is 103 Å². The summed E-state index contributed by atoms with van der Waals surface area (Å²) in [4.78, 5) is 13.0. The predicted octanol–water partition coefficient (Wildman–Crippen LogP) is 27.9. The van der Waals surface area contributed by atoms with Gasteiger partial charge in [-0.15, -0.1) is 45.3 Å². The van der Waals surface area contributed by atoms with Crippen molar-refractivity contribution >= 4 is 258 Å². The normalized spacial score (nSPS) is 13.0. The second-order valence-electron chi connectivity index (χ2n) is 31.6. The van der Waals surface area contributed by atoms with Gasteiger partial charge < -0.3 is 29.2 Å². The Hall–Kier alpha value is -14.2. The molecule has 4 aromatic heterocycles. The van der Waals surface area contributed by atoms with Crippen molar-refractivity contribution in [2.24, 2.45) is 0 Å². The fraction of sp³-hybridized carbons (Fsp3) is 0. The van der Waals surface area contributed by atoms with Crippen molar-refractivity contribution in [1.29, 1.82) is 0 Å².